The van der Waals surface area contributed by atoms with Gasteiger partial charge in [0.25, 0.3) is 0 Å². The normalized spacial score (nSPS) is 28.3. The minimum absolute atomic E-state index is 0. The lowest BCUT2D eigenvalue weighted by Gasteiger charge is -2.45. The molecule has 11 heteroatoms. The molecule has 0 aromatic carbocycles. The number of hydrogen-bond donors (Lipinski definition) is 4. The van der Waals surface area contributed by atoms with Crippen LogP contribution in [0.5, 0.6) is 0 Å². The average molecular weight is 681 g/mol. The third-order valence-electron chi connectivity index (χ3n) is 9.38. The second-order valence-electron chi connectivity index (χ2n) is 13.3. The summed E-state index contributed by atoms with van der Waals surface area (Å²) in [6.07, 6.45) is 14.7. The molecule has 2 aliphatic heterocycles. The van der Waals surface area contributed by atoms with Gasteiger partial charge < -0.3 is 30.1 Å². The highest BCUT2D eigenvalue weighted by Crippen LogP contribution is 2.32. The Bertz CT molecular complexity index is 809. The molecule has 0 aliphatic carbocycles. The van der Waals surface area contributed by atoms with Gasteiger partial charge in [0.2, 0.25) is 5.91 Å². The topological polar surface area (TPSA) is 129 Å². The van der Waals surface area contributed by atoms with Crippen LogP contribution in [-0.2, 0) is 19.1 Å². The maximum atomic E-state index is 13.2. The highest BCUT2D eigenvalue weighted by Gasteiger charge is 2.50. The lowest BCUT2D eigenvalue weighted by atomic mass is 9.91. The van der Waals surface area contributed by atoms with Crippen LogP contribution in [0.2, 0.25) is 0 Å². The minimum Gasteiger partial charge on any atom is -0.456 e. The van der Waals surface area contributed by atoms with Crippen molar-refractivity contribution in [2.75, 3.05) is 19.8 Å². The molecule has 0 aromatic rings. The third kappa shape index (κ3) is 14.6. The molecule has 0 bridgehead atoms. The molecule has 2 heterocycles. The van der Waals surface area contributed by atoms with E-state index in [0.717, 1.165) is 45.1 Å². The number of likely N-dealkylation sites (tertiary alicyclic amines) is 1. The van der Waals surface area contributed by atoms with E-state index in [-0.39, 0.29) is 30.8 Å². The Balaban J connectivity index is 0.0000101. The van der Waals surface area contributed by atoms with E-state index in [1.165, 1.54) is 82.9 Å². The zero-order valence-electron chi connectivity index (χ0n) is 28.7. The summed E-state index contributed by atoms with van der Waals surface area (Å²) in [6.45, 7) is 6.75. The number of nitrogens with one attached hydrogen (secondary N) is 1. The van der Waals surface area contributed by atoms with Crippen LogP contribution >= 0.6 is 24.2 Å². The Morgan fingerprint density at radius 3 is 2.00 bits per heavy atom. The highest BCUT2D eigenvalue weighted by atomic mass is 35.5. The van der Waals surface area contributed by atoms with Gasteiger partial charge in [-0.3, -0.25) is 14.5 Å². The number of hydrogen-bond acceptors (Lipinski definition) is 9. The van der Waals surface area contributed by atoms with Crippen LogP contribution in [0.15, 0.2) is 0 Å². The zero-order valence-corrected chi connectivity index (χ0v) is 30.3. The van der Waals surface area contributed by atoms with Crippen LogP contribution in [0.4, 0.5) is 0 Å². The van der Waals surface area contributed by atoms with Gasteiger partial charge in [-0.2, -0.15) is 0 Å². The van der Waals surface area contributed by atoms with Crippen molar-refractivity contribution in [3.05, 3.63) is 0 Å². The van der Waals surface area contributed by atoms with E-state index in [4.69, 9.17) is 9.47 Å². The number of thioether (sulfide) groups is 1. The minimum atomic E-state index is -1.46. The van der Waals surface area contributed by atoms with E-state index in [1.54, 1.807) is 6.26 Å². The molecule has 2 saturated heterocycles. The highest BCUT2D eigenvalue weighted by molar-refractivity contribution is 7.99. The van der Waals surface area contributed by atoms with Crippen LogP contribution in [0.3, 0.4) is 0 Å². The van der Waals surface area contributed by atoms with Crippen LogP contribution in [0.25, 0.3) is 0 Å². The van der Waals surface area contributed by atoms with Crippen LogP contribution in [0.1, 0.15) is 130 Å². The SMILES string of the molecule is CCCCCCCCCCCCCCCC(=O)OC1C(O)[C@@H](O)C(C(NC(=O)C2CC(CCC)CN2C)C(C)O)O[C@@H]1SC.Cl. The van der Waals surface area contributed by atoms with E-state index in [0.29, 0.717) is 5.92 Å². The van der Waals surface area contributed by atoms with Crippen molar-refractivity contribution in [2.45, 2.75) is 178 Å². The number of aliphatic hydroxyl groups excluding tert-OH is 3. The summed E-state index contributed by atoms with van der Waals surface area (Å²) in [7, 11) is 1.92. The van der Waals surface area contributed by atoms with Gasteiger partial charge in [-0.05, 0) is 45.4 Å². The predicted molar refractivity (Wildman–Crippen MR) is 185 cm³/mol. The van der Waals surface area contributed by atoms with Gasteiger partial charge in [-0.1, -0.05) is 97.3 Å². The smallest absolute Gasteiger partial charge is 0.306 e. The number of rotatable bonds is 22. The number of nitrogens with zero attached hydrogens (tertiary/aromatic N) is 1. The summed E-state index contributed by atoms with van der Waals surface area (Å²) in [4.78, 5) is 27.9. The quantitative estimate of drug-likeness (QED) is 0.0854. The average Bonchev–Trinajstić information content (AvgIpc) is 3.36. The Hall–Kier alpha value is -0.620. The fourth-order valence-corrected chi connectivity index (χ4v) is 7.46. The van der Waals surface area contributed by atoms with Crippen LogP contribution in [0, 0.1) is 5.92 Å². The van der Waals surface area contributed by atoms with Gasteiger partial charge in [0.1, 0.15) is 23.7 Å². The van der Waals surface area contributed by atoms with Crippen LogP contribution in [-0.4, -0.2) is 100.0 Å². The number of carbonyl (C=O) groups is 2. The van der Waals surface area contributed by atoms with Gasteiger partial charge in [0.15, 0.2) is 6.10 Å². The first kappa shape index (κ1) is 42.4. The van der Waals surface area contributed by atoms with Crippen LogP contribution < -0.4 is 5.32 Å². The summed E-state index contributed by atoms with van der Waals surface area (Å²) in [5.74, 6) is -0.203. The first-order chi connectivity index (χ1) is 21.1. The van der Waals surface area contributed by atoms with Crippen molar-refractivity contribution in [1.82, 2.24) is 10.2 Å². The van der Waals surface area contributed by atoms with Crippen molar-refractivity contribution >= 4 is 36.0 Å². The van der Waals surface area contributed by atoms with Crippen molar-refractivity contribution in [3.63, 3.8) is 0 Å². The lowest BCUT2D eigenvalue weighted by Crippen LogP contribution is -2.66. The molecule has 2 fully saturated rings. The maximum absolute atomic E-state index is 13.2. The number of likely N-dealkylation sites (N-methyl/N-ethyl adjacent to an activating group) is 1. The van der Waals surface area contributed by atoms with E-state index < -0.39 is 48.0 Å². The fraction of sp³-hybridized carbons (Fsp3) is 0.941. The Kier molecular flexibility index (Phi) is 22.3. The largest absolute Gasteiger partial charge is 0.456 e. The van der Waals surface area contributed by atoms with Gasteiger partial charge in [0, 0.05) is 13.0 Å². The molecule has 45 heavy (non-hydrogen) atoms. The number of unbranched alkanes of at least 4 members (excludes halogenated alkanes) is 12. The molecule has 9 atom stereocenters. The molecule has 9 nitrogen and oxygen atoms in total. The summed E-state index contributed by atoms with van der Waals surface area (Å²) in [5.41, 5.74) is -0.754. The van der Waals surface area contributed by atoms with Crippen molar-refractivity contribution in [1.29, 1.82) is 0 Å². The molecule has 0 saturated carbocycles. The number of carbonyl (C=O) groups excluding carboxylic acids is 2. The van der Waals surface area contributed by atoms with E-state index in [2.05, 4.69) is 19.2 Å². The number of aliphatic hydroxyl groups is 3. The molecule has 0 aromatic heterocycles. The third-order valence-corrected chi connectivity index (χ3v) is 10.2. The molecular weight excluding hydrogens is 616 g/mol. The molecule has 2 rings (SSSR count). The van der Waals surface area contributed by atoms with Gasteiger partial charge in [-0.25, -0.2) is 0 Å². The zero-order chi connectivity index (χ0) is 32.5. The number of halogens is 1. The Morgan fingerprint density at radius 1 is 0.933 bits per heavy atom. The monoisotopic (exact) mass is 680 g/mol. The molecule has 1 amide bonds. The standard InChI is InChI=1S/C34H64N2O7S.ClH/c1-6-8-9-10-11-12-13-14-15-16-17-18-19-21-27(38)42-32-30(40)29(39)31(43-34(32)44-5)28(24(3)37)35-33(41)26-22-25(20-7-2)23-36(26)4;/h24-26,28-32,34,37,39-40H,6-23H2,1-5H3,(H,35,41);1H/t24?,25?,26?,28?,29-,30?,31?,32?,34-;/m1./s1. The van der Waals surface area contributed by atoms with E-state index in [9.17, 15) is 24.9 Å². The number of amides is 1. The van der Waals surface area contributed by atoms with Gasteiger partial charge in [0.05, 0.1) is 18.2 Å². The van der Waals surface area contributed by atoms with E-state index >= 15 is 0 Å². The molecule has 7 unspecified atom stereocenters. The number of esters is 1. The molecule has 0 spiro atoms. The molecule has 266 valence electrons. The molecule has 0 radical (unpaired) electrons. The summed E-state index contributed by atoms with van der Waals surface area (Å²) in [6, 6.07) is -1.27. The van der Waals surface area contributed by atoms with Gasteiger partial charge >= 0.3 is 5.97 Å². The van der Waals surface area contributed by atoms with E-state index in [1.807, 2.05) is 11.9 Å². The fourth-order valence-electron chi connectivity index (χ4n) is 6.74. The molecular formula is C34H65ClN2O7S. The Labute approximate surface area is 283 Å². The van der Waals surface area contributed by atoms with Crippen molar-refractivity contribution in [3.8, 4) is 0 Å². The Morgan fingerprint density at radius 2 is 1.49 bits per heavy atom. The predicted octanol–water partition coefficient (Wildman–Crippen LogP) is 5.60. The van der Waals surface area contributed by atoms with Crippen molar-refractivity contribution in [2.24, 2.45) is 5.92 Å². The second kappa shape index (κ2) is 23.7. The summed E-state index contributed by atoms with van der Waals surface area (Å²) < 4.78 is 11.7. The lowest BCUT2D eigenvalue weighted by molar-refractivity contribution is -0.223. The maximum Gasteiger partial charge on any atom is 0.306 e. The first-order valence-electron chi connectivity index (χ1n) is 17.6. The summed E-state index contributed by atoms with van der Waals surface area (Å²) >= 11 is 1.26. The molecule has 2 aliphatic rings. The molecule has 4 N–H and O–H groups in total. The summed E-state index contributed by atoms with van der Waals surface area (Å²) in [5, 5.41) is 35.6. The van der Waals surface area contributed by atoms with Crippen molar-refractivity contribution < 1.29 is 34.4 Å². The number of ether oxygens (including phenoxy) is 2. The first-order valence-corrected chi connectivity index (χ1v) is 18.9. The second-order valence-corrected chi connectivity index (χ2v) is 14.2. The van der Waals surface area contributed by atoms with Gasteiger partial charge in [-0.15, -0.1) is 24.2 Å².